The molecule has 0 fully saturated rings. The van der Waals surface area contributed by atoms with Gasteiger partial charge in [-0.15, -0.1) is 0 Å². The minimum Gasteiger partial charge on any atom is -0.491 e. The average molecular weight is 401 g/mol. The summed E-state index contributed by atoms with van der Waals surface area (Å²) in [5, 5.41) is 10.7. The van der Waals surface area contributed by atoms with Crippen molar-refractivity contribution in [3.8, 4) is 5.75 Å². The van der Waals surface area contributed by atoms with Gasteiger partial charge in [-0.05, 0) is 41.3 Å². The molecule has 1 heterocycles. The number of aromatic nitrogens is 2. The zero-order valence-electron chi connectivity index (χ0n) is 17.5. The minimum atomic E-state index is -0.637. The molecule has 0 aliphatic carbocycles. The van der Waals surface area contributed by atoms with Crippen LogP contribution in [0, 0.1) is 0 Å². The summed E-state index contributed by atoms with van der Waals surface area (Å²) in [4.78, 5) is 4.82. The van der Waals surface area contributed by atoms with Crippen LogP contribution in [0.5, 0.6) is 5.75 Å². The van der Waals surface area contributed by atoms with Gasteiger partial charge in [0.05, 0.1) is 17.6 Å². The van der Waals surface area contributed by atoms with Crippen molar-refractivity contribution in [3.63, 3.8) is 0 Å². The molecular formula is C26H28N2O2. The van der Waals surface area contributed by atoms with E-state index in [9.17, 15) is 5.11 Å². The van der Waals surface area contributed by atoms with Crippen LogP contribution in [0.25, 0.3) is 11.0 Å². The molecule has 1 atom stereocenters. The van der Waals surface area contributed by atoms with Crippen LogP contribution < -0.4 is 4.74 Å². The normalized spacial score (nSPS) is 12.4. The van der Waals surface area contributed by atoms with E-state index >= 15 is 0 Å². The van der Waals surface area contributed by atoms with Gasteiger partial charge in [-0.25, -0.2) is 4.98 Å². The molecule has 0 unspecified atom stereocenters. The van der Waals surface area contributed by atoms with Gasteiger partial charge in [-0.1, -0.05) is 68.4 Å². The lowest BCUT2D eigenvalue weighted by Gasteiger charge is -2.16. The largest absolute Gasteiger partial charge is 0.491 e. The van der Waals surface area contributed by atoms with Crippen LogP contribution >= 0.6 is 0 Å². The smallest absolute Gasteiger partial charge is 0.119 e. The second-order valence-electron chi connectivity index (χ2n) is 7.98. The average Bonchev–Trinajstić information content (AvgIpc) is 3.10. The summed E-state index contributed by atoms with van der Waals surface area (Å²) in [5.41, 5.74) is 4.45. The first-order chi connectivity index (χ1) is 14.6. The van der Waals surface area contributed by atoms with Crippen LogP contribution in [0.15, 0.2) is 78.9 Å². The number of aliphatic hydroxyl groups excluding tert-OH is 1. The molecule has 0 radical (unpaired) electrons. The van der Waals surface area contributed by atoms with Crippen molar-refractivity contribution in [2.24, 2.45) is 0 Å². The van der Waals surface area contributed by atoms with Crippen LogP contribution in [0.2, 0.25) is 0 Å². The van der Waals surface area contributed by atoms with Crippen LogP contribution in [0.1, 0.15) is 36.7 Å². The molecule has 4 nitrogen and oxygen atoms in total. The topological polar surface area (TPSA) is 47.3 Å². The highest BCUT2D eigenvalue weighted by atomic mass is 16.5. The molecule has 0 aliphatic heterocycles. The van der Waals surface area contributed by atoms with Crippen molar-refractivity contribution in [3.05, 3.63) is 95.8 Å². The van der Waals surface area contributed by atoms with E-state index in [1.165, 1.54) is 11.1 Å². The number of imidazole rings is 1. The third kappa shape index (κ3) is 4.71. The number of benzene rings is 3. The lowest BCUT2D eigenvalue weighted by Crippen LogP contribution is -2.24. The summed E-state index contributed by atoms with van der Waals surface area (Å²) in [7, 11) is 0. The second-order valence-corrected chi connectivity index (χ2v) is 7.98. The molecule has 0 aliphatic rings. The van der Waals surface area contributed by atoms with Gasteiger partial charge in [0.2, 0.25) is 0 Å². The highest BCUT2D eigenvalue weighted by Crippen LogP contribution is 2.21. The summed E-state index contributed by atoms with van der Waals surface area (Å²) >= 11 is 0. The third-order valence-corrected chi connectivity index (χ3v) is 5.32. The van der Waals surface area contributed by atoms with Crippen LogP contribution in [-0.4, -0.2) is 27.4 Å². The van der Waals surface area contributed by atoms with Crippen molar-refractivity contribution >= 4 is 11.0 Å². The van der Waals surface area contributed by atoms with E-state index in [1.807, 2.05) is 48.5 Å². The van der Waals surface area contributed by atoms with E-state index in [1.54, 1.807) is 0 Å². The fraction of sp³-hybridized carbons (Fsp3) is 0.269. The van der Waals surface area contributed by atoms with E-state index in [0.717, 1.165) is 29.0 Å². The molecule has 3 aromatic carbocycles. The standard InChI is InChI=1S/C26H28N2O2/c1-19(2)21-12-14-23(15-13-21)30-18-22(29)17-28-25-11-7-6-10-24(25)27-26(28)16-20-8-4-3-5-9-20/h3-15,19,22,29H,16-18H2,1-2H3/t22-/m0/s1. The first-order valence-corrected chi connectivity index (χ1v) is 10.5. The number of ether oxygens (including phenoxy) is 1. The SMILES string of the molecule is CC(C)c1ccc(OC[C@@H](O)Cn2c(Cc3ccccc3)nc3ccccc32)cc1. The van der Waals surface area contributed by atoms with Crippen molar-refractivity contribution in [1.29, 1.82) is 0 Å². The Bertz CT molecular complexity index is 1090. The van der Waals surface area contributed by atoms with E-state index in [4.69, 9.17) is 9.72 Å². The Labute approximate surface area is 177 Å². The van der Waals surface area contributed by atoms with Crippen molar-refractivity contribution in [2.45, 2.75) is 38.8 Å². The Kier molecular flexibility index (Phi) is 6.15. The van der Waals surface area contributed by atoms with Crippen molar-refractivity contribution < 1.29 is 9.84 Å². The fourth-order valence-corrected chi connectivity index (χ4v) is 3.65. The van der Waals surface area contributed by atoms with Crippen LogP contribution in [0.4, 0.5) is 0 Å². The molecule has 4 rings (SSSR count). The fourth-order valence-electron chi connectivity index (χ4n) is 3.65. The van der Waals surface area contributed by atoms with Gasteiger partial charge in [-0.3, -0.25) is 0 Å². The van der Waals surface area contributed by atoms with E-state index in [2.05, 4.69) is 48.7 Å². The van der Waals surface area contributed by atoms with E-state index in [0.29, 0.717) is 12.5 Å². The highest BCUT2D eigenvalue weighted by Gasteiger charge is 2.15. The summed E-state index contributed by atoms with van der Waals surface area (Å²) in [6.45, 7) is 5.01. The van der Waals surface area contributed by atoms with Gasteiger partial charge in [0.25, 0.3) is 0 Å². The van der Waals surface area contributed by atoms with Gasteiger partial charge in [0, 0.05) is 6.42 Å². The molecule has 4 heteroatoms. The molecule has 0 amide bonds. The minimum absolute atomic E-state index is 0.234. The summed E-state index contributed by atoms with van der Waals surface area (Å²) in [6.07, 6.45) is 0.0849. The summed E-state index contributed by atoms with van der Waals surface area (Å²) in [5.74, 6) is 2.21. The monoisotopic (exact) mass is 400 g/mol. The summed E-state index contributed by atoms with van der Waals surface area (Å²) in [6, 6.07) is 26.4. The number of para-hydroxylation sites is 2. The first kappa shape index (κ1) is 20.2. The lowest BCUT2D eigenvalue weighted by molar-refractivity contribution is 0.0928. The Morgan fingerprint density at radius 3 is 2.33 bits per heavy atom. The van der Waals surface area contributed by atoms with E-state index < -0.39 is 6.10 Å². The maximum absolute atomic E-state index is 10.7. The Balaban J connectivity index is 1.48. The van der Waals surface area contributed by atoms with Crippen molar-refractivity contribution in [2.75, 3.05) is 6.61 Å². The first-order valence-electron chi connectivity index (χ1n) is 10.5. The Hall–Kier alpha value is -3.11. The zero-order chi connectivity index (χ0) is 20.9. The quantitative estimate of drug-likeness (QED) is 0.443. The molecule has 0 saturated carbocycles. The molecule has 1 N–H and O–H groups in total. The Morgan fingerprint density at radius 2 is 1.60 bits per heavy atom. The van der Waals surface area contributed by atoms with Gasteiger partial charge < -0.3 is 14.4 Å². The molecular weight excluding hydrogens is 372 g/mol. The molecule has 154 valence electrons. The molecule has 0 saturated heterocycles. The van der Waals surface area contributed by atoms with Crippen LogP contribution in [-0.2, 0) is 13.0 Å². The number of hydrogen-bond donors (Lipinski definition) is 1. The number of fused-ring (bicyclic) bond motifs is 1. The van der Waals surface area contributed by atoms with Gasteiger partial charge in [0.15, 0.2) is 0 Å². The molecule has 4 aromatic rings. The second kappa shape index (κ2) is 9.14. The molecule has 0 spiro atoms. The predicted octanol–water partition coefficient (Wildman–Crippen LogP) is 5.19. The van der Waals surface area contributed by atoms with Gasteiger partial charge >= 0.3 is 0 Å². The van der Waals surface area contributed by atoms with Crippen LogP contribution in [0.3, 0.4) is 0 Å². The highest BCUT2D eigenvalue weighted by molar-refractivity contribution is 5.76. The number of hydrogen-bond acceptors (Lipinski definition) is 3. The number of nitrogens with zero attached hydrogens (tertiary/aromatic N) is 2. The maximum Gasteiger partial charge on any atom is 0.119 e. The maximum atomic E-state index is 10.7. The van der Waals surface area contributed by atoms with Crippen molar-refractivity contribution in [1.82, 2.24) is 9.55 Å². The summed E-state index contributed by atoms with van der Waals surface area (Å²) < 4.78 is 7.95. The van der Waals surface area contributed by atoms with Gasteiger partial charge in [0.1, 0.15) is 24.3 Å². The number of rotatable bonds is 8. The van der Waals surface area contributed by atoms with Gasteiger partial charge in [-0.2, -0.15) is 0 Å². The zero-order valence-corrected chi connectivity index (χ0v) is 17.5. The lowest BCUT2D eigenvalue weighted by atomic mass is 10.0. The predicted molar refractivity (Wildman–Crippen MR) is 121 cm³/mol. The molecule has 30 heavy (non-hydrogen) atoms. The number of aliphatic hydroxyl groups is 1. The Morgan fingerprint density at radius 1 is 0.900 bits per heavy atom. The third-order valence-electron chi connectivity index (χ3n) is 5.32. The molecule has 1 aromatic heterocycles. The van der Waals surface area contributed by atoms with E-state index in [-0.39, 0.29) is 6.61 Å². The molecule has 0 bridgehead atoms.